The zero-order chi connectivity index (χ0) is 22.3. The predicted molar refractivity (Wildman–Crippen MR) is 121 cm³/mol. The minimum absolute atomic E-state index is 0.0625. The molecular weight excluding hydrogens is 436 g/mol. The lowest BCUT2D eigenvalue weighted by molar-refractivity contribution is 0.385. The first-order valence-corrected chi connectivity index (χ1v) is 13.1. The minimum atomic E-state index is -3.77. The molecule has 0 amide bonds. The normalized spacial score (nSPS) is 15.8. The van der Waals surface area contributed by atoms with E-state index in [4.69, 9.17) is 0 Å². The van der Waals surface area contributed by atoms with Gasteiger partial charge in [0, 0.05) is 6.54 Å². The number of rotatable bonds is 9. The van der Waals surface area contributed by atoms with Gasteiger partial charge in [-0.15, -0.1) is 0 Å². The second-order valence-corrected chi connectivity index (χ2v) is 10.9. The van der Waals surface area contributed by atoms with E-state index < -0.39 is 20.0 Å². The number of aryl methyl sites for hydroxylation is 1. The molecule has 2 aromatic carbocycles. The zero-order valence-electron chi connectivity index (χ0n) is 17.5. The van der Waals surface area contributed by atoms with E-state index >= 15 is 0 Å². The van der Waals surface area contributed by atoms with Crippen LogP contribution in [0.4, 0.5) is 0 Å². The van der Waals surface area contributed by atoms with Crippen LogP contribution in [0, 0.1) is 6.92 Å². The molecule has 168 valence electrons. The molecule has 2 N–H and O–H groups in total. The molecule has 0 atom stereocenters. The van der Waals surface area contributed by atoms with Crippen molar-refractivity contribution in [1.29, 1.82) is 0 Å². The summed E-state index contributed by atoms with van der Waals surface area (Å²) in [7, 11) is -7.40. The third-order valence-electron chi connectivity index (χ3n) is 4.92. The number of benzene rings is 2. The largest absolute Gasteiger partial charge is 0.296 e. The topological polar surface area (TPSA) is 108 Å². The highest BCUT2D eigenvalue weighted by Crippen LogP contribution is 2.11. The van der Waals surface area contributed by atoms with Crippen LogP contribution in [0.15, 0.2) is 69.4 Å². The van der Waals surface area contributed by atoms with Crippen LogP contribution in [0.25, 0.3) is 0 Å². The van der Waals surface area contributed by atoms with Gasteiger partial charge in [0.1, 0.15) is 5.84 Å². The lowest BCUT2D eigenvalue weighted by Gasteiger charge is -2.18. The molecule has 0 unspecified atom stereocenters. The quantitative estimate of drug-likeness (QED) is 0.334. The van der Waals surface area contributed by atoms with Gasteiger partial charge in [0.2, 0.25) is 10.0 Å². The van der Waals surface area contributed by atoms with Crippen LogP contribution in [0.5, 0.6) is 0 Å². The predicted octanol–water partition coefficient (Wildman–Crippen LogP) is 1.75. The summed E-state index contributed by atoms with van der Waals surface area (Å²) in [6.45, 7) is 4.20. The van der Waals surface area contributed by atoms with Crippen LogP contribution in [0.1, 0.15) is 18.4 Å². The van der Waals surface area contributed by atoms with Crippen molar-refractivity contribution in [2.24, 2.45) is 4.99 Å². The average Bonchev–Trinajstić information content (AvgIpc) is 3.25. The number of hydrogen-bond acceptors (Lipinski definition) is 6. The van der Waals surface area contributed by atoms with E-state index in [2.05, 4.69) is 19.3 Å². The Morgan fingerprint density at radius 1 is 0.903 bits per heavy atom. The van der Waals surface area contributed by atoms with Crippen molar-refractivity contribution < 1.29 is 16.8 Å². The molecule has 0 aromatic heterocycles. The van der Waals surface area contributed by atoms with Gasteiger partial charge in [0.05, 0.1) is 22.9 Å². The first-order valence-electron chi connectivity index (χ1n) is 10.2. The van der Waals surface area contributed by atoms with Crippen LogP contribution in [0.3, 0.4) is 0 Å². The van der Waals surface area contributed by atoms with E-state index in [9.17, 15) is 16.8 Å². The molecule has 1 saturated heterocycles. The highest BCUT2D eigenvalue weighted by Gasteiger charge is 2.20. The Balaban J connectivity index is 1.68. The molecule has 8 nitrogen and oxygen atoms in total. The molecule has 0 bridgehead atoms. The van der Waals surface area contributed by atoms with E-state index in [1.807, 2.05) is 6.92 Å². The van der Waals surface area contributed by atoms with Crippen LogP contribution in [-0.2, 0) is 20.0 Å². The molecular formula is C21H28N4O4S2. The molecule has 1 aliphatic rings. The fourth-order valence-electron chi connectivity index (χ4n) is 3.25. The van der Waals surface area contributed by atoms with Crippen molar-refractivity contribution in [3.8, 4) is 0 Å². The number of aliphatic imine (C=N–C) groups is 1. The third kappa shape index (κ3) is 6.86. The van der Waals surface area contributed by atoms with Crippen molar-refractivity contribution in [2.45, 2.75) is 29.6 Å². The van der Waals surface area contributed by atoms with E-state index in [0.717, 1.165) is 31.5 Å². The van der Waals surface area contributed by atoms with E-state index in [0.29, 0.717) is 12.4 Å². The molecule has 2 aromatic rings. The Morgan fingerprint density at radius 3 is 2.16 bits per heavy atom. The Bertz CT molecular complexity index is 1090. The Hall–Kier alpha value is -2.27. The standard InChI is InChI=1S/C21H28N4O4S2/c1-18-9-11-20(12-10-18)31(28,29)24-21(17-25-15-5-6-16-25)22-13-14-23-30(26,27)19-7-3-2-4-8-19/h2-4,7-12,23H,5-6,13-17H2,1H3,(H,22,24). The minimum Gasteiger partial charge on any atom is -0.296 e. The number of hydrogen-bond donors (Lipinski definition) is 2. The van der Waals surface area contributed by atoms with Gasteiger partial charge < -0.3 is 0 Å². The molecule has 10 heteroatoms. The van der Waals surface area contributed by atoms with Crippen LogP contribution in [-0.4, -0.2) is 60.3 Å². The van der Waals surface area contributed by atoms with Gasteiger partial charge in [-0.2, -0.15) is 0 Å². The van der Waals surface area contributed by atoms with Crippen molar-refractivity contribution in [2.75, 3.05) is 32.7 Å². The lowest BCUT2D eigenvalue weighted by atomic mass is 10.2. The van der Waals surface area contributed by atoms with Crippen molar-refractivity contribution >= 4 is 25.9 Å². The molecule has 3 rings (SSSR count). The molecule has 0 aliphatic carbocycles. The number of nitrogens with zero attached hydrogens (tertiary/aromatic N) is 2. The first-order chi connectivity index (χ1) is 14.8. The number of sulfonamides is 2. The molecule has 1 heterocycles. The zero-order valence-corrected chi connectivity index (χ0v) is 19.1. The Labute approximate surface area is 184 Å². The summed E-state index contributed by atoms with van der Waals surface area (Å²) in [5, 5.41) is 0. The van der Waals surface area contributed by atoms with Gasteiger partial charge in [0.25, 0.3) is 10.0 Å². The van der Waals surface area contributed by atoms with Gasteiger partial charge in [-0.25, -0.2) is 21.6 Å². The molecule has 31 heavy (non-hydrogen) atoms. The molecule has 0 radical (unpaired) electrons. The van der Waals surface area contributed by atoms with Crippen LogP contribution in [0.2, 0.25) is 0 Å². The van der Waals surface area contributed by atoms with Gasteiger partial charge in [-0.1, -0.05) is 35.9 Å². The monoisotopic (exact) mass is 464 g/mol. The molecule has 1 aliphatic heterocycles. The molecule has 0 saturated carbocycles. The van der Waals surface area contributed by atoms with Crippen molar-refractivity contribution in [1.82, 2.24) is 14.3 Å². The second kappa shape index (κ2) is 10.4. The number of nitrogens with one attached hydrogen (secondary N) is 2. The van der Waals surface area contributed by atoms with Crippen molar-refractivity contribution in [3.63, 3.8) is 0 Å². The summed E-state index contributed by atoms with van der Waals surface area (Å²) in [4.78, 5) is 6.84. The molecule has 1 fully saturated rings. The highest BCUT2D eigenvalue weighted by molar-refractivity contribution is 7.90. The maximum atomic E-state index is 12.8. The van der Waals surface area contributed by atoms with Crippen LogP contribution < -0.4 is 9.44 Å². The summed E-state index contributed by atoms with van der Waals surface area (Å²) in [5.74, 6) is 0.307. The Kier molecular flexibility index (Phi) is 7.82. The summed E-state index contributed by atoms with van der Waals surface area (Å²) in [6.07, 6.45) is 2.13. The number of amidine groups is 1. The smallest absolute Gasteiger partial charge is 0.262 e. The summed E-state index contributed by atoms with van der Waals surface area (Å²) >= 11 is 0. The first kappa shape index (κ1) is 23.4. The fourth-order valence-corrected chi connectivity index (χ4v) is 5.35. The van der Waals surface area contributed by atoms with Gasteiger partial charge >= 0.3 is 0 Å². The van der Waals surface area contributed by atoms with Gasteiger partial charge in [0.15, 0.2) is 0 Å². The lowest BCUT2D eigenvalue weighted by Crippen LogP contribution is -2.39. The summed E-state index contributed by atoms with van der Waals surface area (Å²) in [6, 6.07) is 14.7. The third-order valence-corrected chi connectivity index (χ3v) is 7.79. The maximum Gasteiger partial charge on any atom is 0.262 e. The second-order valence-electron chi connectivity index (χ2n) is 7.44. The fraction of sp³-hybridized carbons (Fsp3) is 0.381. The Morgan fingerprint density at radius 2 is 1.52 bits per heavy atom. The summed E-state index contributed by atoms with van der Waals surface area (Å²) in [5.41, 5.74) is 0.968. The van der Waals surface area contributed by atoms with Gasteiger partial charge in [-0.05, 0) is 57.1 Å². The van der Waals surface area contributed by atoms with Crippen LogP contribution >= 0.6 is 0 Å². The van der Waals surface area contributed by atoms with E-state index in [-0.39, 0.29) is 22.9 Å². The van der Waals surface area contributed by atoms with Crippen molar-refractivity contribution in [3.05, 3.63) is 60.2 Å². The van der Waals surface area contributed by atoms with Gasteiger partial charge in [-0.3, -0.25) is 14.6 Å². The maximum absolute atomic E-state index is 12.8. The average molecular weight is 465 g/mol. The number of likely N-dealkylation sites (tertiary alicyclic amines) is 1. The molecule has 0 spiro atoms. The van der Waals surface area contributed by atoms with E-state index in [1.54, 1.807) is 42.5 Å². The highest BCUT2D eigenvalue weighted by atomic mass is 32.2. The summed E-state index contributed by atoms with van der Waals surface area (Å²) < 4.78 is 55.3. The SMILES string of the molecule is Cc1ccc(S(=O)(=O)NC(CN2CCCC2)=NCCNS(=O)(=O)c2ccccc2)cc1. The van der Waals surface area contributed by atoms with E-state index in [1.165, 1.54) is 12.1 Å².